The molecule has 6 N–H and O–H groups in total. The fourth-order valence-corrected chi connectivity index (χ4v) is 11.2. The second-order valence-electron chi connectivity index (χ2n) is 24.8. The first-order chi connectivity index (χ1) is 49.9. The van der Waals surface area contributed by atoms with Gasteiger partial charge in [0.1, 0.15) is 49.4 Å². The summed E-state index contributed by atoms with van der Waals surface area (Å²) in [5.41, 5.74) is 8.08. The average molecular weight is 1390 g/mol. The summed E-state index contributed by atoms with van der Waals surface area (Å²) in [6.45, 7) is 5.31. The van der Waals surface area contributed by atoms with Crippen LogP contribution in [-0.4, -0.2) is 120 Å². The van der Waals surface area contributed by atoms with Crippen LogP contribution in [0.3, 0.4) is 0 Å². The lowest BCUT2D eigenvalue weighted by Crippen LogP contribution is -2.47. The van der Waals surface area contributed by atoms with E-state index in [1.807, 2.05) is 218 Å². The smallest absolute Gasteiger partial charge is 0.303 e. The third kappa shape index (κ3) is 30.2. The number of hydrogen-bond acceptors (Lipinski definition) is 14. The van der Waals surface area contributed by atoms with Crippen LogP contribution in [0.2, 0.25) is 0 Å². The topological polar surface area (TPSA) is 253 Å². The van der Waals surface area contributed by atoms with E-state index >= 15 is 0 Å². The van der Waals surface area contributed by atoms with E-state index in [4.69, 9.17) is 38.6 Å². The van der Waals surface area contributed by atoms with Crippen molar-refractivity contribution in [2.45, 2.75) is 129 Å². The van der Waals surface area contributed by atoms with Crippen molar-refractivity contribution in [3.63, 3.8) is 0 Å². The first-order valence-corrected chi connectivity index (χ1v) is 35.1. The minimum absolute atomic E-state index is 0.114. The lowest BCUT2D eigenvalue weighted by molar-refractivity contribution is -0.139. The number of ether oxygens (including phenoxy) is 6. The van der Waals surface area contributed by atoms with Gasteiger partial charge in [-0.3, -0.25) is 38.6 Å². The molecule has 0 bridgehead atoms. The van der Waals surface area contributed by atoms with Crippen molar-refractivity contribution in [1.82, 2.24) is 31.1 Å². The molecule has 0 aliphatic heterocycles. The van der Waals surface area contributed by atoms with Gasteiger partial charge in [0.2, 0.25) is 23.6 Å². The molecule has 0 fully saturated rings. The molecule has 538 valence electrons. The SMILES string of the molecule is O=C(O)CCC(=O)NCCCC[C@H](C(=O)NCCOCCOCCNC(=O)[C@H](CCCCNC(=O)CCC(=O)O)N(Cc1ccc(OCc2ccccc2)cc1)Cc1ccc(OCc2ccccc2)cc1)N(Cc1ccc(OCc2ccccc2)cc1)Cc1ccc(OCc2ccccc2)cc1. The van der Waals surface area contributed by atoms with Crippen molar-refractivity contribution in [1.29, 1.82) is 0 Å². The van der Waals surface area contributed by atoms with Crippen LogP contribution in [0.15, 0.2) is 218 Å². The highest BCUT2D eigenvalue weighted by Crippen LogP contribution is 2.25. The van der Waals surface area contributed by atoms with Crippen LogP contribution in [0, 0.1) is 0 Å². The number of carboxylic acids is 2. The summed E-state index contributed by atoms with van der Waals surface area (Å²) < 4.78 is 36.4. The monoisotopic (exact) mass is 1390 g/mol. The highest BCUT2D eigenvalue weighted by Gasteiger charge is 2.28. The minimum Gasteiger partial charge on any atom is -0.489 e. The second kappa shape index (κ2) is 44.7. The van der Waals surface area contributed by atoms with Gasteiger partial charge in [0.25, 0.3) is 0 Å². The highest BCUT2D eigenvalue weighted by molar-refractivity contribution is 5.83. The summed E-state index contributed by atoms with van der Waals surface area (Å²) in [7, 11) is 0. The molecule has 2 atom stereocenters. The van der Waals surface area contributed by atoms with E-state index in [-0.39, 0.29) is 88.8 Å². The predicted molar refractivity (Wildman–Crippen MR) is 390 cm³/mol. The number of carbonyl (C=O) groups is 6. The van der Waals surface area contributed by atoms with Crippen LogP contribution in [0.4, 0.5) is 0 Å². The third-order valence-corrected chi connectivity index (χ3v) is 16.8. The first-order valence-electron chi connectivity index (χ1n) is 35.1. The summed E-state index contributed by atoms with van der Waals surface area (Å²) >= 11 is 0. The number of carboxylic acid groups (broad SMARTS) is 2. The van der Waals surface area contributed by atoms with Crippen molar-refractivity contribution in [3.05, 3.63) is 263 Å². The molecule has 0 saturated carbocycles. The van der Waals surface area contributed by atoms with Gasteiger partial charge in [-0.05, 0) is 132 Å². The average Bonchev–Trinajstić information content (AvgIpc) is 0.875. The molecule has 20 nitrogen and oxygen atoms in total. The maximum atomic E-state index is 14.6. The number of aliphatic carboxylic acids is 2. The number of rotatable bonds is 49. The Labute approximate surface area is 598 Å². The Morgan fingerprint density at radius 1 is 0.304 bits per heavy atom. The molecule has 0 unspecified atom stereocenters. The zero-order chi connectivity index (χ0) is 71.6. The molecule has 8 aromatic carbocycles. The fraction of sp³-hybridized carbons (Fsp3) is 0.341. The Morgan fingerprint density at radius 2 is 0.578 bits per heavy atom. The number of hydrogen-bond donors (Lipinski definition) is 6. The molecule has 8 rings (SSSR count). The molecule has 0 saturated heterocycles. The van der Waals surface area contributed by atoms with Gasteiger partial charge in [-0.2, -0.15) is 0 Å². The van der Waals surface area contributed by atoms with Gasteiger partial charge >= 0.3 is 11.9 Å². The van der Waals surface area contributed by atoms with Gasteiger partial charge < -0.3 is 59.9 Å². The molecular weight excluding hydrogens is 1290 g/mol. The van der Waals surface area contributed by atoms with Crippen molar-refractivity contribution < 1.29 is 67.4 Å². The molecule has 0 radical (unpaired) electrons. The molecule has 20 heteroatoms. The number of benzene rings is 8. The van der Waals surface area contributed by atoms with Crippen LogP contribution in [0.5, 0.6) is 23.0 Å². The summed E-state index contributed by atoms with van der Waals surface area (Å²) in [5.74, 6) is -0.288. The van der Waals surface area contributed by atoms with Gasteiger partial charge in [0.15, 0.2) is 0 Å². The largest absolute Gasteiger partial charge is 0.489 e. The molecule has 0 aromatic heterocycles. The Bertz CT molecular complexity index is 3300. The molecular formula is C82H96N6O14. The third-order valence-electron chi connectivity index (χ3n) is 16.8. The lowest BCUT2D eigenvalue weighted by atomic mass is 10.0. The molecule has 102 heavy (non-hydrogen) atoms. The van der Waals surface area contributed by atoms with E-state index in [2.05, 4.69) is 31.1 Å². The van der Waals surface area contributed by atoms with Gasteiger partial charge in [0, 0.05) is 65.2 Å². The molecule has 0 aliphatic rings. The molecule has 4 amide bonds. The Hall–Kier alpha value is -10.4. The Balaban J connectivity index is 0.878. The van der Waals surface area contributed by atoms with Crippen molar-refractivity contribution in [2.75, 3.05) is 52.6 Å². The van der Waals surface area contributed by atoms with Crippen molar-refractivity contribution >= 4 is 35.6 Å². The molecule has 0 heterocycles. The van der Waals surface area contributed by atoms with Crippen LogP contribution >= 0.6 is 0 Å². The number of carbonyl (C=O) groups excluding carboxylic acids is 4. The van der Waals surface area contributed by atoms with Gasteiger partial charge in [-0.15, -0.1) is 0 Å². The van der Waals surface area contributed by atoms with Crippen LogP contribution in [0.25, 0.3) is 0 Å². The highest BCUT2D eigenvalue weighted by atomic mass is 16.5. The van der Waals surface area contributed by atoms with E-state index in [1.165, 1.54) is 0 Å². The summed E-state index contributed by atoms with van der Waals surface area (Å²) in [5, 5.41) is 30.1. The summed E-state index contributed by atoms with van der Waals surface area (Å²) in [6.07, 6.45) is 2.46. The number of amides is 4. The normalized spacial score (nSPS) is 11.7. The number of nitrogens with zero attached hydrogens (tertiary/aromatic N) is 2. The van der Waals surface area contributed by atoms with Crippen molar-refractivity contribution in [2.24, 2.45) is 0 Å². The van der Waals surface area contributed by atoms with Gasteiger partial charge in [0.05, 0.1) is 51.4 Å². The standard InChI is InChI=1S/C82H96N6O14/c89-77(43-45-79(91)92)83-47-15-13-25-75(87(55-63-27-35-71(36-28-63)99-59-67-17-5-1-6-18-67)56-64-29-37-72(38-30-64)100-60-68-19-7-2-8-20-68)81(95)85-49-51-97-53-54-98-52-50-86-82(96)76(26-14-16-48-84-78(90)44-46-80(93)94)88(57-65-31-39-73(40-32-65)101-61-69-21-9-3-10-22-69)58-66-33-41-74(42-34-66)102-62-70-23-11-4-12-24-70/h1-12,17-24,27-42,75-76H,13-16,25-26,43-62H2,(H,83,89)(H,84,90)(H,85,95)(H,86,96)(H,91,92)(H,93,94)/t75-,76+. The van der Waals surface area contributed by atoms with Crippen molar-refractivity contribution in [3.8, 4) is 23.0 Å². The van der Waals surface area contributed by atoms with Gasteiger partial charge in [-0.25, -0.2) is 0 Å². The van der Waals surface area contributed by atoms with E-state index in [9.17, 15) is 28.8 Å². The van der Waals surface area contributed by atoms with Crippen LogP contribution in [0.1, 0.15) is 109 Å². The summed E-state index contributed by atoms with van der Waals surface area (Å²) in [4.78, 5) is 80.5. The molecule has 0 spiro atoms. The van der Waals surface area contributed by atoms with E-state index in [1.54, 1.807) is 0 Å². The molecule has 8 aromatic rings. The minimum atomic E-state index is -1.04. The fourth-order valence-electron chi connectivity index (χ4n) is 11.2. The maximum absolute atomic E-state index is 14.6. The molecule has 0 aliphatic carbocycles. The zero-order valence-electron chi connectivity index (χ0n) is 58.0. The zero-order valence-corrected chi connectivity index (χ0v) is 58.0. The lowest BCUT2D eigenvalue weighted by Gasteiger charge is -2.31. The quantitative estimate of drug-likeness (QED) is 0.0194. The Morgan fingerprint density at radius 3 is 0.843 bits per heavy atom. The van der Waals surface area contributed by atoms with Crippen LogP contribution in [-0.2, 0) is 90.8 Å². The van der Waals surface area contributed by atoms with E-state index in [0.717, 1.165) is 44.5 Å². The maximum Gasteiger partial charge on any atom is 0.303 e. The number of nitrogens with one attached hydrogen (secondary N) is 4. The Kier molecular flexibility index (Phi) is 33.9. The first kappa shape index (κ1) is 77.4. The van der Waals surface area contributed by atoms with Gasteiger partial charge in [-0.1, -0.05) is 170 Å². The van der Waals surface area contributed by atoms with E-state index in [0.29, 0.717) is 127 Å². The second-order valence-corrected chi connectivity index (χ2v) is 24.8. The predicted octanol–water partition coefficient (Wildman–Crippen LogP) is 12.0. The van der Waals surface area contributed by atoms with Crippen LogP contribution < -0.4 is 40.2 Å². The summed E-state index contributed by atoms with van der Waals surface area (Å²) in [6, 6.07) is 70.1. The van der Waals surface area contributed by atoms with E-state index < -0.39 is 24.0 Å². The number of unbranched alkanes of at least 4 members (excludes halogenated alkanes) is 2.